The molecule has 1 amide bonds. The largest absolute Gasteiger partial charge is 0.384 e. The summed E-state index contributed by atoms with van der Waals surface area (Å²) in [7, 11) is 1.60. The second kappa shape index (κ2) is 9.06. The van der Waals surface area contributed by atoms with E-state index in [-0.39, 0.29) is 18.2 Å². The highest BCUT2D eigenvalue weighted by molar-refractivity contribution is 6.45. The lowest BCUT2D eigenvalue weighted by atomic mass is 10.0. The second-order valence-electron chi connectivity index (χ2n) is 8.35. The number of fused-ring (bicyclic) bond motifs is 3. The van der Waals surface area contributed by atoms with Crippen LogP contribution in [0.2, 0.25) is 10.0 Å². The van der Waals surface area contributed by atoms with Gasteiger partial charge in [-0.1, -0.05) is 29.3 Å². The normalized spacial score (nSPS) is 20.6. The van der Waals surface area contributed by atoms with Gasteiger partial charge < -0.3 is 19.4 Å². The van der Waals surface area contributed by atoms with E-state index < -0.39 is 0 Å². The van der Waals surface area contributed by atoms with E-state index in [1.165, 1.54) is 0 Å². The summed E-state index contributed by atoms with van der Waals surface area (Å²) in [6.45, 7) is 1.90. The molecule has 0 aliphatic carbocycles. The molecule has 0 spiro atoms. The average molecular weight is 477 g/mol. The van der Waals surface area contributed by atoms with Gasteiger partial charge in [0.05, 0.1) is 34.4 Å². The maximum atomic E-state index is 12.5. The molecule has 170 valence electrons. The summed E-state index contributed by atoms with van der Waals surface area (Å²) in [5.41, 5.74) is 3.96. The number of hydrogen-bond donors (Lipinski definition) is 1. The van der Waals surface area contributed by atoms with Crippen molar-refractivity contribution in [3.63, 3.8) is 0 Å². The summed E-state index contributed by atoms with van der Waals surface area (Å²) >= 11 is 13.0. The molecule has 1 saturated heterocycles. The molecule has 1 aromatic carbocycles. The highest BCUT2D eigenvalue weighted by atomic mass is 35.5. The van der Waals surface area contributed by atoms with E-state index in [4.69, 9.17) is 32.7 Å². The van der Waals surface area contributed by atoms with Crippen molar-refractivity contribution in [3.05, 3.63) is 40.3 Å². The van der Waals surface area contributed by atoms with E-state index in [2.05, 4.69) is 15.0 Å². The fraction of sp³-hybridized carbons (Fsp3) is 0.478. The van der Waals surface area contributed by atoms with E-state index in [0.717, 1.165) is 66.6 Å². The Hall–Kier alpha value is -2.06. The van der Waals surface area contributed by atoms with Crippen LogP contribution in [0.25, 0.3) is 22.0 Å². The monoisotopic (exact) mass is 476 g/mol. The van der Waals surface area contributed by atoms with Gasteiger partial charge >= 0.3 is 0 Å². The predicted molar refractivity (Wildman–Crippen MR) is 124 cm³/mol. The van der Waals surface area contributed by atoms with Gasteiger partial charge in [-0.3, -0.25) is 4.79 Å². The Morgan fingerprint density at radius 3 is 2.97 bits per heavy atom. The van der Waals surface area contributed by atoms with Crippen LogP contribution >= 0.6 is 23.2 Å². The number of ether oxygens (including phenoxy) is 2. The topological polar surface area (TPSA) is 70.3 Å². The maximum Gasteiger partial charge on any atom is 0.222 e. The average Bonchev–Trinajstić information content (AvgIpc) is 3.51. The molecule has 2 atom stereocenters. The number of nitrogens with one attached hydrogen (secondary N) is 1. The summed E-state index contributed by atoms with van der Waals surface area (Å²) in [6, 6.07) is 3.71. The number of aryl methyl sites for hydroxylation is 1. The van der Waals surface area contributed by atoms with Gasteiger partial charge in [-0.25, -0.2) is 4.68 Å². The summed E-state index contributed by atoms with van der Waals surface area (Å²) in [5, 5.41) is 9.85. The third-order valence-electron chi connectivity index (χ3n) is 6.34. The van der Waals surface area contributed by atoms with E-state index in [1.54, 1.807) is 7.11 Å². The Bertz CT molecular complexity index is 1150. The zero-order valence-corrected chi connectivity index (χ0v) is 19.5. The van der Waals surface area contributed by atoms with Crippen LogP contribution in [0.4, 0.5) is 0 Å². The summed E-state index contributed by atoms with van der Waals surface area (Å²) in [6.07, 6.45) is 8.16. The van der Waals surface area contributed by atoms with E-state index in [9.17, 15) is 4.79 Å². The predicted octanol–water partition coefficient (Wildman–Crippen LogP) is 5.11. The molecule has 0 radical (unpaired) electrons. The molecule has 2 aliphatic heterocycles. The molecule has 0 bridgehead atoms. The van der Waals surface area contributed by atoms with Crippen molar-refractivity contribution in [2.75, 3.05) is 20.3 Å². The van der Waals surface area contributed by atoms with Crippen molar-refractivity contribution in [2.45, 2.75) is 50.9 Å². The zero-order chi connectivity index (χ0) is 22.2. The van der Waals surface area contributed by atoms with Crippen LogP contribution in [0.1, 0.15) is 50.1 Å². The third-order valence-corrected chi connectivity index (χ3v) is 7.13. The third kappa shape index (κ3) is 3.81. The van der Waals surface area contributed by atoms with Crippen LogP contribution in [0.5, 0.6) is 0 Å². The van der Waals surface area contributed by atoms with Crippen LogP contribution in [-0.2, 0) is 20.8 Å². The van der Waals surface area contributed by atoms with Gasteiger partial charge in [0, 0.05) is 55.1 Å². The number of amides is 1. The van der Waals surface area contributed by atoms with Gasteiger partial charge in [0.15, 0.2) is 0 Å². The van der Waals surface area contributed by atoms with Crippen LogP contribution in [0.15, 0.2) is 24.5 Å². The minimum atomic E-state index is -0.120. The van der Waals surface area contributed by atoms with Crippen molar-refractivity contribution >= 4 is 40.0 Å². The lowest BCUT2D eigenvalue weighted by molar-refractivity contribution is -0.122. The molecular weight excluding hydrogens is 451 g/mol. The number of carbonyl (C=O) groups is 1. The van der Waals surface area contributed by atoms with Crippen LogP contribution in [-0.4, -0.2) is 40.6 Å². The highest BCUT2D eigenvalue weighted by Gasteiger charge is 2.33. The quantitative estimate of drug-likeness (QED) is 0.536. The molecule has 4 heterocycles. The van der Waals surface area contributed by atoms with Gasteiger partial charge in [-0.2, -0.15) is 5.10 Å². The molecule has 9 heteroatoms. The number of carbonyl (C=O) groups excluding carboxylic acids is 1. The lowest BCUT2D eigenvalue weighted by Crippen LogP contribution is -2.28. The molecule has 2 aromatic heterocycles. The fourth-order valence-corrected chi connectivity index (χ4v) is 5.27. The van der Waals surface area contributed by atoms with Gasteiger partial charge in [-0.05, 0) is 31.7 Å². The van der Waals surface area contributed by atoms with Crippen LogP contribution < -0.4 is 5.32 Å². The standard InChI is InChI=1S/C23H26Cl2N4O3/c1-31-11-8-18(30)27-17-7-9-28-22-15(5-6-16(24)21(22)25)20(23(17)28)14-12-26-29(13-14)19-4-2-3-10-32-19/h5-6,12-13,17,19H,2-4,7-11H2,1H3,(H,27,30). The summed E-state index contributed by atoms with van der Waals surface area (Å²) < 4.78 is 15.1. The molecule has 2 unspecified atom stereocenters. The minimum absolute atomic E-state index is 0.0306. The van der Waals surface area contributed by atoms with E-state index >= 15 is 0 Å². The van der Waals surface area contributed by atoms with Crippen LogP contribution in [0, 0.1) is 0 Å². The van der Waals surface area contributed by atoms with Gasteiger partial charge in [0.2, 0.25) is 5.91 Å². The summed E-state index contributed by atoms with van der Waals surface area (Å²) in [5.74, 6) is -0.0306. The number of benzene rings is 1. The number of nitrogens with zero attached hydrogens (tertiary/aromatic N) is 3. The Kier molecular flexibility index (Phi) is 6.16. The molecule has 7 nitrogen and oxygen atoms in total. The molecule has 5 rings (SSSR count). The lowest BCUT2D eigenvalue weighted by Gasteiger charge is -2.22. The number of aromatic nitrogens is 3. The molecule has 1 fully saturated rings. The first kappa shape index (κ1) is 21.8. The van der Waals surface area contributed by atoms with Crippen LogP contribution in [0.3, 0.4) is 0 Å². The maximum absolute atomic E-state index is 12.5. The zero-order valence-electron chi connectivity index (χ0n) is 17.9. The smallest absolute Gasteiger partial charge is 0.222 e. The molecule has 32 heavy (non-hydrogen) atoms. The molecule has 2 aliphatic rings. The van der Waals surface area contributed by atoms with Gasteiger partial charge in [-0.15, -0.1) is 0 Å². The van der Waals surface area contributed by atoms with E-state index in [1.807, 2.05) is 29.2 Å². The van der Waals surface area contributed by atoms with Gasteiger partial charge in [0.1, 0.15) is 6.23 Å². The van der Waals surface area contributed by atoms with Crippen molar-refractivity contribution in [3.8, 4) is 11.1 Å². The fourth-order valence-electron chi connectivity index (χ4n) is 4.85. The van der Waals surface area contributed by atoms with E-state index in [0.29, 0.717) is 23.1 Å². The minimum Gasteiger partial charge on any atom is -0.384 e. The number of methoxy groups -OCH3 is 1. The molecular formula is C23H26Cl2N4O3. The Morgan fingerprint density at radius 1 is 1.31 bits per heavy atom. The Morgan fingerprint density at radius 2 is 2.19 bits per heavy atom. The van der Waals surface area contributed by atoms with Crippen molar-refractivity contribution < 1.29 is 14.3 Å². The number of halogens is 2. The van der Waals surface area contributed by atoms with Crippen molar-refractivity contribution in [1.82, 2.24) is 19.7 Å². The molecule has 3 aromatic rings. The van der Waals surface area contributed by atoms with Crippen molar-refractivity contribution in [1.29, 1.82) is 0 Å². The first-order valence-electron chi connectivity index (χ1n) is 11.0. The van der Waals surface area contributed by atoms with Gasteiger partial charge in [0.25, 0.3) is 0 Å². The SMILES string of the molecule is COCCC(=O)NC1CCn2c1c(-c1cnn(C3CCCCO3)c1)c1ccc(Cl)c(Cl)c12. The van der Waals surface area contributed by atoms with Crippen molar-refractivity contribution in [2.24, 2.45) is 0 Å². The Labute approximate surface area is 196 Å². The number of rotatable bonds is 6. The molecule has 1 N–H and O–H groups in total. The first-order valence-corrected chi connectivity index (χ1v) is 11.8. The second-order valence-corrected chi connectivity index (χ2v) is 9.14. The summed E-state index contributed by atoms with van der Waals surface area (Å²) in [4.78, 5) is 12.5. The number of hydrogen-bond acceptors (Lipinski definition) is 4. The highest BCUT2D eigenvalue weighted by Crippen LogP contribution is 2.46. The molecule has 0 saturated carbocycles. The Balaban J connectivity index is 1.59. The first-order chi connectivity index (χ1) is 15.6.